The standard InChI is InChI=1S/C25H18F7NO3S/c26-21-7-5-18(25(30,31)32)9-16(21)13-36-19-6-4-14-8-15(23(34)35)12-33(22(14)11-19)37-20-3-1-2-17(10-20)24(27,28)29/h1-7,9-11,15H,8,12-13H2,(H,34,35). The third-order valence-corrected chi connectivity index (χ3v) is 6.70. The van der Waals surface area contributed by atoms with Crippen LogP contribution in [0.3, 0.4) is 0 Å². The summed E-state index contributed by atoms with van der Waals surface area (Å²) in [4.78, 5) is 11.9. The minimum Gasteiger partial charge on any atom is -0.489 e. The predicted molar refractivity (Wildman–Crippen MR) is 122 cm³/mol. The van der Waals surface area contributed by atoms with Crippen molar-refractivity contribution in [3.8, 4) is 5.75 Å². The van der Waals surface area contributed by atoms with Crippen LogP contribution in [0.15, 0.2) is 65.6 Å². The van der Waals surface area contributed by atoms with Crippen molar-refractivity contribution < 1.29 is 45.4 Å². The van der Waals surface area contributed by atoms with Crippen molar-refractivity contribution in [1.82, 2.24) is 0 Å². The summed E-state index contributed by atoms with van der Waals surface area (Å²) in [5.41, 5.74) is -1.13. The van der Waals surface area contributed by atoms with Crippen molar-refractivity contribution in [2.24, 2.45) is 5.92 Å². The fraction of sp³-hybridized carbons (Fsp3) is 0.240. The van der Waals surface area contributed by atoms with Gasteiger partial charge in [0.2, 0.25) is 0 Å². The first kappa shape index (κ1) is 26.6. The Bertz CT molecular complexity index is 1310. The number of hydrogen-bond acceptors (Lipinski definition) is 4. The Balaban J connectivity index is 1.60. The minimum atomic E-state index is -4.66. The molecule has 196 valence electrons. The van der Waals surface area contributed by atoms with Gasteiger partial charge < -0.3 is 14.1 Å². The van der Waals surface area contributed by atoms with Crippen LogP contribution >= 0.6 is 11.9 Å². The van der Waals surface area contributed by atoms with Crippen LogP contribution in [-0.4, -0.2) is 17.6 Å². The van der Waals surface area contributed by atoms with Gasteiger partial charge >= 0.3 is 18.3 Å². The molecule has 12 heteroatoms. The molecule has 1 N–H and O–H groups in total. The molecule has 37 heavy (non-hydrogen) atoms. The van der Waals surface area contributed by atoms with Crippen molar-refractivity contribution in [2.45, 2.75) is 30.3 Å². The second kappa shape index (κ2) is 10.2. The van der Waals surface area contributed by atoms with E-state index < -0.39 is 47.8 Å². The normalized spacial score (nSPS) is 15.9. The maximum atomic E-state index is 14.1. The first-order valence-electron chi connectivity index (χ1n) is 10.8. The maximum Gasteiger partial charge on any atom is 0.416 e. The highest BCUT2D eigenvalue weighted by Crippen LogP contribution is 2.41. The molecule has 1 aliphatic rings. The number of aliphatic carboxylic acids is 1. The summed E-state index contributed by atoms with van der Waals surface area (Å²) in [5.74, 6) is -2.60. The Kier molecular flexibility index (Phi) is 7.31. The number of carboxylic acid groups (broad SMARTS) is 1. The Morgan fingerprint density at radius 1 is 0.973 bits per heavy atom. The van der Waals surface area contributed by atoms with E-state index in [-0.39, 0.29) is 29.2 Å². The average Bonchev–Trinajstić information content (AvgIpc) is 2.82. The van der Waals surface area contributed by atoms with E-state index in [0.717, 1.165) is 24.1 Å². The minimum absolute atomic E-state index is 0.0189. The van der Waals surface area contributed by atoms with Crippen molar-refractivity contribution in [2.75, 3.05) is 10.8 Å². The molecule has 4 rings (SSSR count). The topological polar surface area (TPSA) is 49.8 Å². The van der Waals surface area contributed by atoms with Gasteiger partial charge in [0.25, 0.3) is 0 Å². The lowest BCUT2D eigenvalue weighted by atomic mass is 9.94. The smallest absolute Gasteiger partial charge is 0.416 e. The molecule has 4 nitrogen and oxygen atoms in total. The van der Waals surface area contributed by atoms with Gasteiger partial charge in [-0.2, -0.15) is 26.3 Å². The van der Waals surface area contributed by atoms with Gasteiger partial charge in [0.05, 0.1) is 22.7 Å². The first-order valence-corrected chi connectivity index (χ1v) is 11.6. The van der Waals surface area contributed by atoms with Crippen molar-refractivity contribution in [3.05, 3.63) is 88.7 Å². The molecular weight excluding hydrogens is 527 g/mol. The molecule has 1 heterocycles. The number of hydrogen-bond donors (Lipinski definition) is 1. The Hall–Kier alpha value is -3.41. The number of benzene rings is 3. The van der Waals surface area contributed by atoms with Crippen LogP contribution in [0, 0.1) is 11.7 Å². The average molecular weight is 545 g/mol. The number of carboxylic acids is 1. The van der Waals surface area contributed by atoms with E-state index in [4.69, 9.17) is 4.74 Å². The number of nitrogens with zero attached hydrogens (tertiary/aromatic N) is 1. The van der Waals surface area contributed by atoms with Gasteiger partial charge in [0.1, 0.15) is 18.2 Å². The molecule has 0 radical (unpaired) electrons. The number of carbonyl (C=O) groups is 1. The molecule has 0 spiro atoms. The van der Waals surface area contributed by atoms with Gasteiger partial charge in [-0.05, 0) is 66.4 Å². The summed E-state index contributed by atoms with van der Waals surface area (Å²) in [7, 11) is 0. The van der Waals surface area contributed by atoms with Gasteiger partial charge in [0.15, 0.2) is 0 Å². The fourth-order valence-corrected chi connectivity index (χ4v) is 4.89. The Morgan fingerprint density at radius 2 is 1.68 bits per heavy atom. The predicted octanol–water partition coefficient (Wildman–Crippen LogP) is 7.21. The van der Waals surface area contributed by atoms with Crippen LogP contribution in [0.25, 0.3) is 0 Å². The summed E-state index contributed by atoms with van der Waals surface area (Å²) < 4.78 is 99.5. The van der Waals surface area contributed by atoms with E-state index in [9.17, 15) is 40.6 Å². The van der Waals surface area contributed by atoms with Crippen LogP contribution in [-0.2, 0) is 30.2 Å². The lowest BCUT2D eigenvalue weighted by molar-refractivity contribution is -0.141. The number of halogens is 7. The lowest BCUT2D eigenvalue weighted by Gasteiger charge is -2.33. The molecule has 3 aromatic carbocycles. The highest BCUT2D eigenvalue weighted by molar-refractivity contribution is 8.00. The van der Waals surface area contributed by atoms with Gasteiger partial charge in [-0.25, -0.2) is 4.39 Å². The van der Waals surface area contributed by atoms with E-state index in [2.05, 4.69) is 0 Å². The maximum absolute atomic E-state index is 14.1. The molecule has 3 aromatic rings. The van der Waals surface area contributed by atoms with Crippen LogP contribution in [0.1, 0.15) is 22.3 Å². The van der Waals surface area contributed by atoms with Crippen LogP contribution < -0.4 is 9.04 Å². The zero-order valence-electron chi connectivity index (χ0n) is 18.7. The number of anilines is 1. The third kappa shape index (κ3) is 6.30. The van der Waals surface area contributed by atoms with E-state index in [0.29, 0.717) is 29.4 Å². The summed E-state index contributed by atoms with van der Waals surface area (Å²) in [6.07, 6.45) is -9.05. The second-order valence-corrected chi connectivity index (χ2v) is 9.40. The van der Waals surface area contributed by atoms with Gasteiger partial charge in [-0.1, -0.05) is 12.1 Å². The molecule has 0 saturated carbocycles. The SMILES string of the molecule is O=C(O)C1Cc2ccc(OCc3cc(C(F)(F)F)ccc3F)cc2N(Sc2cccc(C(F)(F)F)c2)C1. The van der Waals surface area contributed by atoms with E-state index >= 15 is 0 Å². The molecule has 1 atom stereocenters. The zero-order chi connectivity index (χ0) is 27.0. The second-order valence-electron chi connectivity index (χ2n) is 8.30. The van der Waals surface area contributed by atoms with E-state index in [1.54, 1.807) is 6.07 Å². The number of ether oxygens (including phenoxy) is 1. The summed E-state index contributed by atoms with van der Waals surface area (Å²) in [5, 5.41) is 9.54. The lowest BCUT2D eigenvalue weighted by Crippen LogP contribution is -2.35. The van der Waals surface area contributed by atoms with Crippen LogP contribution in [0.2, 0.25) is 0 Å². The van der Waals surface area contributed by atoms with Gasteiger partial charge in [-0.15, -0.1) is 0 Å². The number of rotatable bonds is 6. The number of fused-ring (bicyclic) bond motifs is 1. The Labute approximate surface area is 210 Å². The van der Waals surface area contributed by atoms with Gasteiger partial charge in [0, 0.05) is 23.1 Å². The fourth-order valence-electron chi connectivity index (χ4n) is 3.80. The van der Waals surface area contributed by atoms with Crippen molar-refractivity contribution in [1.29, 1.82) is 0 Å². The molecule has 0 aliphatic carbocycles. The molecule has 0 amide bonds. The zero-order valence-corrected chi connectivity index (χ0v) is 19.6. The first-order chi connectivity index (χ1) is 17.3. The molecular formula is C25H18F7NO3S. The highest BCUT2D eigenvalue weighted by atomic mass is 32.2. The molecule has 0 bridgehead atoms. The molecule has 0 aromatic heterocycles. The highest BCUT2D eigenvalue weighted by Gasteiger charge is 2.33. The summed E-state index contributed by atoms with van der Waals surface area (Å²) in [6, 6.07) is 11.1. The summed E-state index contributed by atoms with van der Waals surface area (Å²) in [6.45, 7) is -0.526. The van der Waals surface area contributed by atoms with E-state index in [1.807, 2.05) is 0 Å². The monoisotopic (exact) mass is 545 g/mol. The van der Waals surface area contributed by atoms with Crippen molar-refractivity contribution >= 4 is 23.6 Å². The molecule has 1 aliphatic heterocycles. The quantitative estimate of drug-likeness (QED) is 0.262. The van der Waals surface area contributed by atoms with Crippen LogP contribution in [0.4, 0.5) is 36.4 Å². The molecule has 0 fully saturated rings. The third-order valence-electron chi connectivity index (χ3n) is 5.67. The van der Waals surface area contributed by atoms with Gasteiger partial charge in [-0.3, -0.25) is 4.79 Å². The number of alkyl halides is 6. The Morgan fingerprint density at radius 3 is 2.35 bits per heavy atom. The molecule has 1 unspecified atom stereocenters. The van der Waals surface area contributed by atoms with Crippen LogP contribution in [0.5, 0.6) is 5.75 Å². The largest absolute Gasteiger partial charge is 0.489 e. The van der Waals surface area contributed by atoms with Crippen molar-refractivity contribution in [3.63, 3.8) is 0 Å². The molecule has 0 saturated heterocycles. The summed E-state index contributed by atoms with van der Waals surface area (Å²) >= 11 is 0.918. The van der Waals surface area contributed by atoms with E-state index in [1.165, 1.54) is 28.6 Å².